The summed E-state index contributed by atoms with van der Waals surface area (Å²) in [7, 11) is 0. The Bertz CT molecular complexity index is 3570. The van der Waals surface area contributed by atoms with E-state index in [1.165, 1.54) is 70.1 Å². The molecule has 0 bridgehead atoms. The zero-order valence-corrected chi connectivity index (χ0v) is 32.1. The zero-order valence-electron chi connectivity index (χ0n) is 31.3. The summed E-state index contributed by atoms with van der Waals surface area (Å²) in [6, 6.07) is 72.0. The van der Waals surface area contributed by atoms with Crippen molar-refractivity contribution in [3.05, 3.63) is 200 Å². The Labute approximate surface area is 338 Å². The van der Waals surface area contributed by atoms with Gasteiger partial charge >= 0.3 is 0 Å². The van der Waals surface area contributed by atoms with Crippen LogP contribution >= 0.6 is 11.3 Å². The predicted octanol–water partition coefficient (Wildman–Crippen LogP) is 14.9. The van der Waals surface area contributed by atoms with Crippen LogP contribution in [0.25, 0.3) is 114 Å². The molecule has 58 heavy (non-hydrogen) atoms. The van der Waals surface area contributed by atoms with Gasteiger partial charge in [0, 0.05) is 43.1 Å². The average Bonchev–Trinajstić information content (AvgIpc) is 3.85. The summed E-state index contributed by atoms with van der Waals surface area (Å²) < 4.78 is 3.59. The summed E-state index contributed by atoms with van der Waals surface area (Å²) in [5, 5.41) is 9.75. The minimum absolute atomic E-state index is 0.712. The lowest BCUT2D eigenvalue weighted by Gasteiger charge is -2.14. The summed E-state index contributed by atoms with van der Waals surface area (Å²) in [6.45, 7) is 0. The van der Waals surface area contributed by atoms with Crippen LogP contribution in [0.1, 0.15) is 0 Å². The topological polar surface area (TPSA) is 30.7 Å². The SMILES string of the molecule is c1ccc(-c2cccc3cccc(-c4cccc(-c5nc(-c6cccc(-n7c8ccccc8c8c9ccccc9ccc87)c6)nc6sc7ccccc7c56)c4)c23)cc1. The zero-order chi connectivity index (χ0) is 38.2. The van der Waals surface area contributed by atoms with E-state index in [1.807, 2.05) is 0 Å². The second kappa shape index (κ2) is 13.1. The lowest BCUT2D eigenvalue weighted by atomic mass is 9.90. The molecule has 3 nitrogen and oxygen atoms in total. The van der Waals surface area contributed by atoms with Crippen LogP contribution in [0.3, 0.4) is 0 Å². The van der Waals surface area contributed by atoms with Crippen LogP contribution in [-0.2, 0) is 0 Å². The second-order valence-corrected chi connectivity index (χ2v) is 15.9. The standard InChI is InChI=1S/C54H33N3S/c1-2-14-34(15-3-1)41-26-12-17-36-18-13-27-43(49(36)41)37-19-10-20-38(32-37)52-51-45-25-7-9-29-48(45)58-54(51)56-53(55-52)39-21-11-22-40(33-39)57-46-28-8-6-24-44(46)50-42-23-5-4-16-35(42)30-31-47(50)57/h1-33H. The first-order chi connectivity index (χ1) is 28.8. The van der Waals surface area contributed by atoms with Crippen LogP contribution in [0.15, 0.2) is 200 Å². The Morgan fingerprint density at radius 1 is 0.379 bits per heavy atom. The number of para-hydroxylation sites is 1. The molecule has 0 aliphatic rings. The monoisotopic (exact) mass is 755 g/mol. The van der Waals surface area contributed by atoms with Gasteiger partial charge in [-0.3, -0.25) is 0 Å². The summed E-state index contributed by atoms with van der Waals surface area (Å²) in [5.41, 5.74) is 11.2. The molecule has 3 heterocycles. The molecule has 3 aromatic heterocycles. The van der Waals surface area contributed by atoms with Gasteiger partial charge in [0.15, 0.2) is 5.82 Å². The number of thiophene rings is 1. The fraction of sp³-hybridized carbons (Fsp3) is 0. The molecule has 0 atom stereocenters. The molecule has 0 aliphatic carbocycles. The van der Waals surface area contributed by atoms with E-state index in [2.05, 4.69) is 205 Å². The predicted molar refractivity (Wildman–Crippen MR) is 246 cm³/mol. The van der Waals surface area contributed by atoms with Crippen molar-refractivity contribution in [3.63, 3.8) is 0 Å². The molecule has 0 spiro atoms. The molecule has 0 fully saturated rings. The molecule has 9 aromatic carbocycles. The van der Waals surface area contributed by atoms with E-state index < -0.39 is 0 Å². The highest BCUT2D eigenvalue weighted by Gasteiger charge is 2.20. The number of fused-ring (bicyclic) bond motifs is 9. The maximum atomic E-state index is 5.50. The van der Waals surface area contributed by atoms with E-state index in [-0.39, 0.29) is 0 Å². The smallest absolute Gasteiger partial charge is 0.161 e. The minimum Gasteiger partial charge on any atom is -0.309 e. The normalized spacial score (nSPS) is 11.8. The van der Waals surface area contributed by atoms with Crippen molar-refractivity contribution in [3.8, 4) is 50.6 Å². The van der Waals surface area contributed by atoms with Crippen LogP contribution in [-0.4, -0.2) is 14.5 Å². The third-order valence-electron chi connectivity index (χ3n) is 11.6. The Balaban J connectivity index is 1.06. The van der Waals surface area contributed by atoms with Crippen LogP contribution in [0.5, 0.6) is 0 Å². The van der Waals surface area contributed by atoms with Crippen molar-refractivity contribution >= 4 is 75.0 Å². The maximum Gasteiger partial charge on any atom is 0.161 e. The fourth-order valence-electron chi connectivity index (χ4n) is 9.04. The first-order valence-electron chi connectivity index (χ1n) is 19.7. The van der Waals surface area contributed by atoms with E-state index >= 15 is 0 Å². The van der Waals surface area contributed by atoms with Gasteiger partial charge in [0.1, 0.15) is 4.83 Å². The quantitative estimate of drug-likeness (QED) is 0.175. The first-order valence-corrected chi connectivity index (χ1v) is 20.5. The number of benzene rings is 9. The third kappa shape index (κ3) is 5.12. The van der Waals surface area contributed by atoms with Gasteiger partial charge in [-0.2, -0.15) is 0 Å². The Morgan fingerprint density at radius 2 is 1.03 bits per heavy atom. The summed E-state index contributed by atoms with van der Waals surface area (Å²) in [4.78, 5) is 11.8. The number of hydrogen-bond donors (Lipinski definition) is 0. The summed E-state index contributed by atoms with van der Waals surface area (Å²) in [5.74, 6) is 0.712. The minimum atomic E-state index is 0.712. The van der Waals surface area contributed by atoms with Gasteiger partial charge < -0.3 is 4.57 Å². The average molecular weight is 756 g/mol. The molecule has 0 radical (unpaired) electrons. The van der Waals surface area contributed by atoms with E-state index in [0.29, 0.717) is 5.82 Å². The second-order valence-electron chi connectivity index (χ2n) is 14.9. The third-order valence-corrected chi connectivity index (χ3v) is 12.7. The van der Waals surface area contributed by atoms with Gasteiger partial charge in [-0.1, -0.05) is 164 Å². The lowest BCUT2D eigenvalue weighted by Crippen LogP contribution is -1.97. The van der Waals surface area contributed by atoms with Crippen LogP contribution in [0, 0.1) is 0 Å². The van der Waals surface area contributed by atoms with Gasteiger partial charge in [-0.05, 0) is 80.2 Å². The highest BCUT2D eigenvalue weighted by atomic mass is 32.1. The van der Waals surface area contributed by atoms with E-state index in [9.17, 15) is 0 Å². The lowest BCUT2D eigenvalue weighted by molar-refractivity contribution is 1.17. The van der Waals surface area contributed by atoms with Gasteiger partial charge in [-0.15, -0.1) is 11.3 Å². The molecule has 0 N–H and O–H groups in total. The van der Waals surface area contributed by atoms with Crippen LogP contribution in [0.4, 0.5) is 0 Å². The molecule has 0 saturated carbocycles. The molecule has 0 amide bonds. The molecule has 0 saturated heterocycles. The molecule has 12 rings (SSSR count). The molecular weight excluding hydrogens is 723 g/mol. The van der Waals surface area contributed by atoms with Crippen molar-refractivity contribution in [2.45, 2.75) is 0 Å². The number of rotatable bonds is 5. The summed E-state index contributed by atoms with van der Waals surface area (Å²) >= 11 is 1.73. The fourth-order valence-corrected chi connectivity index (χ4v) is 10.1. The largest absolute Gasteiger partial charge is 0.309 e. The highest BCUT2D eigenvalue weighted by Crippen LogP contribution is 2.43. The van der Waals surface area contributed by atoms with Gasteiger partial charge in [0.25, 0.3) is 0 Å². The number of aromatic nitrogens is 3. The van der Waals surface area contributed by atoms with Crippen molar-refractivity contribution in [1.29, 1.82) is 0 Å². The number of nitrogens with zero attached hydrogens (tertiary/aromatic N) is 3. The maximum absolute atomic E-state index is 5.50. The Hall–Kier alpha value is -7.40. The van der Waals surface area contributed by atoms with Crippen molar-refractivity contribution in [1.82, 2.24) is 14.5 Å². The Kier molecular flexibility index (Phi) is 7.40. The molecule has 270 valence electrons. The summed E-state index contributed by atoms with van der Waals surface area (Å²) in [6.07, 6.45) is 0. The van der Waals surface area contributed by atoms with Crippen LogP contribution < -0.4 is 0 Å². The molecule has 12 aromatic rings. The highest BCUT2D eigenvalue weighted by molar-refractivity contribution is 7.25. The van der Waals surface area contributed by atoms with Gasteiger partial charge in [-0.25, -0.2) is 9.97 Å². The van der Waals surface area contributed by atoms with E-state index in [4.69, 9.17) is 9.97 Å². The van der Waals surface area contributed by atoms with Crippen molar-refractivity contribution < 1.29 is 0 Å². The van der Waals surface area contributed by atoms with E-state index in [1.54, 1.807) is 11.3 Å². The number of hydrogen-bond acceptors (Lipinski definition) is 3. The van der Waals surface area contributed by atoms with Crippen molar-refractivity contribution in [2.24, 2.45) is 0 Å². The van der Waals surface area contributed by atoms with Gasteiger partial charge in [0.05, 0.1) is 16.7 Å². The Morgan fingerprint density at radius 3 is 1.91 bits per heavy atom. The first kappa shape index (κ1) is 32.8. The van der Waals surface area contributed by atoms with Crippen LogP contribution in [0.2, 0.25) is 0 Å². The molecule has 0 aliphatic heterocycles. The molecule has 4 heteroatoms. The van der Waals surface area contributed by atoms with Gasteiger partial charge in [0.2, 0.25) is 0 Å². The van der Waals surface area contributed by atoms with E-state index in [0.717, 1.165) is 38.3 Å². The van der Waals surface area contributed by atoms with Crippen molar-refractivity contribution in [2.75, 3.05) is 0 Å². The molecule has 0 unspecified atom stereocenters. The molecular formula is C54H33N3S.